The molecule has 0 saturated carbocycles. The van der Waals surface area contributed by atoms with Gasteiger partial charge in [-0.25, -0.2) is 0 Å². The molecule has 1 saturated heterocycles. The van der Waals surface area contributed by atoms with Gasteiger partial charge >= 0.3 is 0 Å². The lowest BCUT2D eigenvalue weighted by molar-refractivity contribution is -0.135. The van der Waals surface area contributed by atoms with Crippen LogP contribution in [0.1, 0.15) is 24.0 Å². The third-order valence-electron chi connectivity index (χ3n) is 5.25. The van der Waals surface area contributed by atoms with E-state index in [2.05, 4.69) is 5.32 Å². The van der Waals surface area contributed by atoms with Crippen molar-refractivity contribution in [2.45, 2.75) is 25.8 Å². The van der Waals surface area contributed by atoms with Gasteiger partial charge in [0, 0.05) is 19.6 Å². The minimum absolute atomic E-state index is 0.00474. The highest BCUT2D eigenvalue weighted by Gasteiger charge is 2.28. The summed E-state index contributed by atoms with van der Waals surface area (Å²) in [6.45, 7) is 1.88. The number of hydrogen-bond donors (Lipinski definition) is 1. The molecule has 146 valence electrons. The van der Waals surface area contributed by atoms with Crippen molar-refractivity contribution < 1.29 is 19.1 Å². The monoisotopic (exact) mass is 380 g/mol. The first-order valence-electron chi connectivity index (χ1n) is 9.67. The predicted octanol–water partition coefficient (Wildman–Crippen LogP) is 2.51. The second-order valence-corrected chi connectivity index (χ2v) is 7.25. The number of nitrogens with one attached hydrogen (secondary N) is 1. The summed E-state index contributed by atoms with van der Waals surface area (Å²) in [6.07, 6.45) is 2.04. The van der Waals surface area contributed by atoms with Crippen molar-refractivity contribution in [1.82, 2.24) is 10.2 Å². The zero-order valence-corrected chi connectivity index (χ0v) is 15.7. The number of nitrogens with zero attached hydrogens (tertiary/aromatic N) is 1. The van der Waals surface area contributed by atoms with Crippen LogP contribution in [-0.2, 0) is 22.6 Å². The summed E-state index contributed by atoms with van der Waals surface area (Å²) in [6, 6.07) is 15.4. The van der Waals surface area contributed by atoms with Gasteiger partial charge in [0.05, 0.1) is 12.3 Å². The predicted molar refractivity (Wildman–Crippen MR) is 104 cm³/mol. The Morgan fingerprint density at radius 3 is 2.71 bits per heavy atom. The Bertz CT molecular complexity index is 853. The van der Waals surface area contributed by atoms with Crippen LogP contribution in [0.25, 0.3) is 0 Å². The van der Waals surface area contributed by atoms with Gasteiger partial charge in [-0.1, -0.05) is 36.4 Å². The topological polar surface area (TPSA) is 67.9 Å². The van der Waals surface area contributed by atoms with E-state index < -0.39 is 0 Å². The van der Waals surface area contributed by atoms with Crippen LogP contribution < -0.4 is 14.8 Å². The molecule has 2 amide bonds. The summed E-state index contributed by atoms with van der Waals surface area (Å²) in [7, 11) is 0. The van der Waals surface area contributed by atoms with E-state index in [1.54, 1.807) is 0 Å². The maximum atomic E-state index is 12.6. The SMILES string of the molecule is O=C(NCc1ccc2c(c1)OCO2)C1CCCN(C(=O)Cc2ccccc2)C1. The summed E-state index contributed by atoms with van der Waals surface area (Å²) in [4.78, 5) is 27.0. The maximum absolute atomic E-state index is 12.6. The van der Waals surface area contributed by atoms with Crippen LogP contribution >= 0.6 is 0 Å². The summed E-state index contributed by atoms with van der Waals surface area (Å²) >= 11 is 0. The van der Waals surface area contributed by atoms with Gasteiger partial charge in [-0.05, 0) is 36.1 Å². The van der Waals surface area contributed by atoms with Crippen LogP contribution in [0.15, 0.2) is 48.5 Å². The van der Waals surface area contributed by atoms with Gasteiger partial charge in [0.15, 0.2) is 11.5 Å². The summed E-state index contributed by atoms with van der Waals surface area (Å²) < 4.78 is 10.7. The number of carbonyl (C=O) groups is 2. The van der Waals surface area contributed by atoms with E-state index in [1.807, 2.05) is 53.4 Å². The van der Waals surface area contributed by atoms with Crippen LogP contribution in [-0.4, -0.2) is 36.6 Å². The number of likely N-dealkylation sites (tertiary alicyclic amines) is 1. The Hall–Kier alpha value is -3.02. The van der Waals surface area contributed by atoms with Gasteiger partial charge in [-0.15, -0.1) is 0 Å². The van der Waals surface area contributed by atoms with Gasteiger partial charge in [-0.2, -0.15) is 0 Å². The zero-order chi connectivity index (χ0) is 19.3. The lowest BCUT2D eigenvalue weighted by atomic mass is 9.96. The largest absolute Gasteiger partial charge is 0.454 e. The molecule has 0 aromatic heterocycles. The fraction of sp³-hybridized carbons (Fsp3) is 0.364. The van der Waals surface area contributed by atoms with Crippen molar-refractivity contribution in [2.75, 3.05) is 19.9 Å². The molecule has 28 heavy (non-hydrogen) atoms. The molecule has 6 heteroatoms. The molecule has 6 nitrogen and oxygen atoms in total. The molecule has 2 aromatic carbocycles. The molecule has 2 aliphatic heterocycles. The highest BCUT2D eigenvalue weighted by molar-refractivity contribution is 5.82. The summed E-state index contributed by atoms with van der Waals surface area (Å²) in [5.41, 5.74) is 1.97. The molecule has 4 rings (SSSR count). The Kier molecular flexibility index (Phi) is 5.46. The average molecular weight is 380 g/mol. The van der Waals surface area contributed by atoms with Crippen LogP contribution in [0.5, 0.6) is 11.5 Å². The van der Waals surface area contributed by atoms with Crippen LogP contribution in [0, 0.1) is 5.92 Å². The molecular formula is C22H24N2O4. The third-order valence-corrected chi connectivity index (χ3v) is 5.25. The molecule has 0 radical (unpaired) electrons. The lowest BCUT2D eigenvalue weighted by Crippen LogP contribution is -2.45. The van der Waals surface area contributed by atoms with Crippen molar-refractivity contribution >= 4 is 11.8 Å². The minimum Gasteiger partial charge on any atom is -0.454 e. The number of hydrogen-bond acceptors (Lipinski definition) is 4. The smallest absolute Gasteiger partial charge is 0.231 e. The second-order valence-electron chi connectivity index (χ2n) is 7.25. The highest BCUT2D eigenvalue weighted by Crippen LogP contribution is 2.32. The Labute approximate surface area is 164 Å². The molecule has 1 unspecified atom stereocenters. The number of carbonyl (C=O) groups excluding carboxylic acids is 2. The van der Waals surface area contributed by atoms with Crippen LogP contribution in [0.3, 0.4) is 0 Å². The van der Waals surface area contributed by atoms with Gasteiger partial charge in [0.2, 0.25) is 18.6 Å². The fourth-order valence-electron chi connectivity index (χ4n) is 3.68. The van der Waals surface area contributed by atoms with E-state index in [9.17, 15) is 9.59 Å². The van der Waals surface area contributed by atoms with Crippen LogP contribution in [0.2, 0.25) is 0 Å². The van der Waals surface area contributed by atoms with Crippen molar-refractivity contribution in [3.05, 3.63) is 59.7 Å². The third kappa shape index (κ3) is 4.27. The second kappa shape index (κ2) is 8.33. The standard InChI is InChI=1S/C22H24N2O4/c25-21(12-16-5-2-1-3-6-16)24-10-4-7-18(14-24)22(26)23-13-17-8-9-19-20(11-17)28-15-27-19/h1-3,5-6,8-9,11,18H,4,7,10,12-15H2,(H,23,26). The van der Waals surface area contributed by atoms with E-state index in [-0.39, 0.29) is 24.5 Å². The number of rotatable bonds is 5. The normalized spacial score (nSPS) is 18.0. The molecule has 2 heterocycles. The molecule has 2 aromatic rings. The zero-order valence-electron chi connectivity index (χ0n) is 15.7. The Morgan fingerprint density at radius 1 is 1.04 bits per heavy atom. The van der Waals surface area contributed by atoms with Crippen LogP contribution in [0.4, 0.5) is 0 Å². The molecule has 1 N–H and O–H groups in total. The average Bonchev–Trinajstić information content (AvgIpc) is 3.20. The van der Waals surface area contributed by atoms with Crippen molar-refractivity contribution in [2.24, 2.45) is 5.92 Å². The van der Waals surface area contributed by atoms with Gasteiger partial charge in [0.25, 0.3) is 0 Å². The van der Waals surface area contributed by atoms with E-state index in [1.165, 1.54) is 0 Å². The number of ether oxygens (including phenoxy) is 2. The summed E-state index contributed by atoms with van der Waals surface area (Å²) in [5, 5.41) is 3.00. The quantitative estimate of drug-likeness (QED) is 0.866. The van der Waals surface area contributed by atoms with Gasteiger partial charge in [-0.3, -0.25) is 9.59 Å². The number of piperidine rings is 1. The number of amides is 2. The minimum atomic E-state index is -0.164. The number of fused-ring (bicyclic) bond motifs is 1. The first kappa shape index (κ1) is 18.3. The van der Waals surface area contributed by atoms with Crippen molar-refractivity contribution in [1.29, 1.82) is 0 Å². The highest BCUT2D eigenvalue weighted by atomic mass is 16.7. The van der Waals surface area contributed by atoms with Crippen molar-refractivity contribution in [3.63, 3.8) is 0 Å². The molecule has 0 spiro atoms. The fourth-order valence-corrected chi connectivity index (χ4v) is 3.68. The van der Waals surface area contributed by atoms with Gasteiger partial charge in [0.1, 0.15) is 0 Å². The van der Waals surface area contributed by atoms with Gasteiger partial charge < -0.3 is 19.7 Å². The van der Waals surface area contributed by atoms with Crippen molar-refractivity contribution in [3.8, 4) is 11.5 Å². The molecule has 2 aliphatic rings. The molecular weight excluding hydrogens is 356 g/mol. The molecule has 0 aliphatic carbocycles. The summed E-state index contributed by atoms with van der Waals surface area (Å²) in [5.74, 6) is 1.36. The van der Waals surface area contributed by atoms with E-state index >= 15 is 0 Å². The first-order chi connectivity index (χ1) is 13.7. The van der Waals surface area contributed by atoms with E-state index in [4.69, 9.17) is 9.47 Å². The number of benzene rings is 2. The molecule has 1 fully saturated rings. The Balaban J connectivity index is 1.30. The molecule has 0 bridgehead atoms. The lowest BCUT2D eigenvalue weighted by Gasteiger charge is -2.32. The maximum Gasteiger partial charge on any atom is 0.231 e. The van der Waals surface area contributed by atoms with E-state index in [0.717, 1.165) is 36.3 Å². The Morgan fingerprint density at radius 2 is 1.86 bits per heavy atom. The first-order valence-corrected chi connectivity index (χ1v) is 9.67. The molecule has 1 atom stereocenters. The van der Waals surface area contributed by atoms with E-state index in [0.29, 0.717) is 25.3 Å².